The topological polar surface area (TPSA) is 51.2 Å². The molecule has 1 N–H and O–H groups in total. The van der Waals surface area contributed by atoms with E-state index in [1.54, 1.807) is 13.8 Å². The van der Waals surface area contributed by atoms with Crippen LogP contribution in [0.15, 0.2) is 18.2 Å². The van der Waals surface area contributed by atoms with Crippen molar-refractivity contribution in [3.8, 4) is 0 Å². The van der Waals surface area contributed by atoms with Gasteiger partial charge in [0.1, 0.15) is 11.5 Å². The van der Waals surface area contributed by atoms with Gasteiger partial charge in [-0.15, -0.1) is 11.8 Å². The molecule has 1 amide bonds. The second kappa shape index (κ2) is 7.74. The van der Waals surface area contributed by atoms with Crippen molar-refractivity contribution in [1.82, 2.24) is 4.98 Å². The monoisotopic (exact) mass is 362 g/mol. The minimum Gasteiger partial charge on any atom is -0.381 e. The van der Waals surface area contributed by atoms with Crippen molar-refractivity contribution in [3.05, 3.63) is 23.9 Å². The summed E-state index contributed by atoms with van der Waals surface area (Å²) < 4.78 is 42.6. The van der Waals surface area contributed by atoms with E-state index in [1.165, 1.54) is 23.9 Å². The lowest BCUT2D eigenvalue weighted by molar-refractivity contribution is -0.141. The summed E-state index contributed by atoms with van der Waals surface area (Å²) in [5, 5.41) is 2.49. The number of pyridine rings is 1. The highest BCUT2D eigenvalue weighted by molar-refractivity contribution is 8.01. The lowest BCUT2D eigenvalue weighted by atomic mass is 10.0. The van der Waals surface area contributed by atoms with E-state index in [0.717, 1.165) is 37.9 Å². The Bertz CT molecular complexity index is 573. The fraction of sp³-hybridized carbons (Fsp3) is 0.625. The van der Waals surface area contributed by atoms with E-state index < -0.39 is 16.6 Å². The van der Waals surface area contributed by atoms with Gasteiger partial charge in [-0.25, -0.2) is 4.98 Å². The van der Waals surface area contributed by atoms with Gasteiger partial charge in [0.25, 0.3) is 0 Å². The van der Waals surface area contributed by atoms with Crippen LogP contribution in [0.2, 0.25) is 0 Å². The second-order valence-corrected chi connectivity index (χ2v) is 7.88. The molecule has 0 aliphatic carbocycles. The van der Waals surface area contributed by atoms with E-state index in [4.69, 9.17) is 4.74 Å². The maximum Gasteiger partial charge on any atom is 0.433 e. The van der Waals surface area contributed by atoms with Crippen LogP contribution < -0.4 is 5.32 Å². The van der Waals surface area contributed by atoms with Crippen molar-refractivity contribution in [2.45, 2.75) is 37.6 Å². The van der Waals surface area contributed by atoms with Crippen LogP contribution in [0.5, 0.6) is 0 Å². The number of anilines is 1. The summed E-state index contributed by atoms with van der Waals surface area (Å²) in [6, 6.07) is 3.46. The van der Waals surface area contributed by atoms with Gasteiger partial charge < -0.3 is 10.1 Å². The van der Waals surface area contributed by atoms with E-state index in [-0.39, 0.29) is 11.7 Å². The number of carbonyl (C=O) groups excluding carboxylic acids is 1. The summed E-state index contributed by atoms with van der Waals surface area (Å²) in [5.74, 6) is 0.878. The van der Waals surface area contributed by atoms with Gasteiger partial charge in [-0.2, -0.15) is 13.2 Å². The standard InChI is InChI=1S/C16H21F3N2O2S/c1-15(2,24-10-11-6-8-23-9-7-11)14(22)21-13-5-3-4-12(20-13)16(17,18)19/h3-5,11H,6-10H2,1-2H3,(H,20,21,22). The molecule has 1 fully saturated rings. The van der Waals surface area contributed by atoms with Crippen molar-refractivity contribution in [1.29, 1.82) is 0 Å². The average molecular weight is 362 g/mol. The third-order valence-corrected chi connectivity index (χ3v) is 5.39. The molecule has 0 saturated carbocycles. The summed E-state index contributed by atoms with van der Waals surface area (Å²) >= 11 is 1.50. The van der Waals surface area contributed by atoms with Crippen LogP contribution in [0.4, 0.5) is 19.0 Å². The summed E-state index contributed by atoms with van der Waals surface area (Å²) in [7, 11) is 0. The molecular formula is C16H21F3N2O2S. The lowest BCUT2D eigenvalue weighted by Crippen LogP contribution is -2.35. The van der Waals surface area contributed by atoms with E-state index in [9.17, 15) is 18.0 Å². The Balaban J connectivity index is 1.94. The molecule has 1 saturated heterocycles. The zero-order valence-electron chi connectivity index (χ0n) is 13.7. The van der Waals surface area contributed by atoms with Gasteiger partial charge in [-0.3, -0.25) is 4.79 Å². The van der Waals surface area contributed by atoms with E-state index >= 15 is 0 Å². The van der Waals surface area contributed by atoms with Crippen molar-refractivity contribution in [2.24, 2.45) is 5.92 Å². The first-order valence-corrected chi connectivity index (χ1v) is 8.74. The Kier molecular flexibility index (Phi) is 6.14. The number of halogens is 3. The molecule has 2 rings (SSSR count). The minimum absolute atomic E-state index is 0.0884. The normalized spacial score (nSPS) is 16.9. The predicted octanol–water partition coefficient (Wildman–Crippen LogP) is 3.98. The lowest BCUT2D eigenvalue weighted by Gasteiger charge is -2.27. The van der Waals surface area contributed by atoms with Crippen LogP contribution in [-0.4, -0.2) is 34.6 Å². The number of carbonyl (C=O) groups is 1. The number of alkyl halides is 3. The highest BCUT2D eigenvalue weighted by Gasteiger charge is 2.34. The first-order valence-electron chi connectivity index (χ1n) is 7.76. The number of rotatable bonds is 5. The number of nitrogens with one attached hydrogen (secondary N) is 1. The average Bonchev–Trinajstić information content (AvgIpc) is 2.53. The first-order chi connectivity index (χ1) is 11.2. The molecule has 0 atom stereocenters. The molecule has 1 aliphatic heterocycles. The molecular weight excluding hydrogens is 341 g/mol. The number of nitrogens with zero attached hydrogens (tertiary/aromatic N) is 1. The highest BCUT2D eigenvalue weighted by Crippen LogP contribution is 2.32. The smallest absolute Gasteiger partial charge is 0.381 e. The number of hydrogen-bond donors (Lipinski definition) is 1. The summed E-state index contributed by atoms with van der Waals surface area (Å²) in [4.78, 5) is 15.9. The number of aromatic nitrogens is 1. The van der Waals surface area contributed by atoms with Gasteiger partial charge in [-0.1, -0.05) is 6.07 Å². The van der Waals surface area contributed by atoms with Gasteiger partial charge in [0.15, 0.2) is 0 Å². The van der Waals surface area contributed by atoms with Crippen LogP contribution in [0.1, 0.15) is 32.4 Å². The fourth-order valence-electron chi connectivity index (χ4n) is 2.23. The second-order valence-electron chi connectivity index (χ2n) is 6.24. The molecule has 1 aromatic heterocycles. The Morgan fingerprint density at radius 1 is 1.33 bits per heavy atom. The molecule has 8 heteroatoms. The maximum absolute atomic E-state index is 12.7. The molecule has 0 unspecified atom stereocenters. The largest absolute Gasteiger partial charge is 0.433 e. The molecule has 0 radical (unpaired) electrons. The number of ether oxygens (including phenoxy) is 1. The third-order valence-electron chi connectivity index (χ3n) is 3.85. The molecule has 1 aromatic rings. The zero-order valence-corrected chi connectivity index (χ0v) is 14.5. The Hall–Kier alpha value is -1.28. The Morgan fingerprint density at radius 3 is 2.62 bits per heavy atom. The summed E-state index contributed by atoms with van der Waals surface area (Å²) in [6.07, 6.45) is -2.59. The van der Waals surface area contributed by atoms with Gasteiger partial charge >= 0.3 is 6.18 Å². The highest BCUT2D eigenvalue weighted by atomic mass is 32.2. The SMILES string of the molecule is CC(C)(SCC1CCOCC1)C(=O)Nc1cccc(C(F)(F)F)n1. The van der Waals surface area contributed by atoms with Gasteiger partial charge in [0.2, 0.25) is 5.91 Å². The third kappa shape index (κ3) is 5.37. The predicted molar refractivity (Wildman–Crippen MR) is 87.9 cm³/mol. The van der Waals surface area contributed by atoms with Crippen LogP contribution in [-0.2, 0) is 15.7 Å². The molecule has 0 aromatic carbocycles. The summed E-state index contributed by atoms with van der Waals surface area (Å²) in [5.41, 5.74) is -1.02. The summed E-state index contributed by atoms with van der Waals surface area (Å²) in [6.45, 7) is 5.01. The number of hydrogen-bond acceptors (Lipinski definition) is 4. The van der Waals surface area contributed by atoms with Gasteiger partial charge in [-0.05, 0) is 50.5 Å². The van der Waals surface area contributed by atoms with E-state index in [0.29, 0.717) is 5.92 Å². The Morgan fingerprint density at radius 2 is 2.00 bits per heavy atom. The molecule has 1 aliphatic rings. The van der Waals surface area contributed by atoms with E-state index in [2.05, 4.69) is 10.3 Å². The van der Waals surface area contributed by atoms with Crippen molar-refractivity contribution < 1.29 is 22.7 Å². The van der Waals surface area contributed by atoms with Gasteiger partial charge in [0, 0.05) is 13.2 Å². The molecule has 4 nitrogen and oxygen atoms in total. The molecule has 0 bridgehead atoms. The minimum atomic E-state index is -4.53. The van der Waals surface area contributed by atoms with Crippen molar-refractivity contribution >= 4 is 23.5 Å². The van der Waals surface area contributed by atoms with Crippen LogP contribution in [0.25, 0.3) is 0 Å². The maximum atomic E-state index is 12.7. The van der Waals surface area contributed by atoms with Crippen LogP contribution in [0.3, 0.4) is 0 Å². The van der Waals surface area contributed by atoms with Crippen LogP contribution >= 0.6 is 11.8 Å². The Labute approximate surface area is 143 Å². The zero-order chi connectivity index (χ0) is 17.8. The quantitative estimate of drug-likeness (QED) is 0.861. The molecule has 0 spiro atoms. The van der Waals surface area contributed by atoms with Crippen molar-refractivity contribution in [2.75, 3.05) is 24.3 Å². The van der Waals surface area contributed by atoms with Gasteiger partial charge in [0.05, 0.1) is 4.75 Å². The van der Waals surface area contributed by atoms with Crippen LogP contribution in [0, 0.1) is 5.92 Å². The number of amides is 1. The fourth-order valence-corrected chi connectivity index (χ4v) is 3.40. The molecule has 2 heterocycles. The number of thioether (sulfide) groups is 1. The first kappa shape index (κ1) is 19.1. The van der Waals surface area contributed by atoms with Crippen molar-refractivity contribution in [3.63, 3.8) is 0 Å². The van der Waals surface area contributed by atoms with E-state index in [1.807, 2.05) is 0 Å². The molecule has 134 valence electrons. The molecule has 24 heavy (non-hydrogen) atoms.